The van der Waals surface area contributed by atoms with Crippen LogP contribution in [-0.4, -0.2) is 40.7 Å². The van der Waals surface area contributed by atoms with Gasteiger partial charge in [-0.15, -0.1) is 0 Å². The van der Waals surface area contributed by atoms with Crippen LogP contribution in [0.3, 0.4) is 0 Å². The van der Waals surface area contributed by atoms with Gasteiger partial charge in [0.25, 0.3) is 0 Å². The SMILES string of the molecule is NC(=O)CCN1C(=O)CC2(CCSC2)C1=O. The number of rotatable bonds is 3. The summed E-state index contributed by atoms with van der Waals surface area (Å²) in [7, 11) is 0. The largest absolute Gasteiger partial charge is 0.370 e. The lowest BCUT2D eigenvalue weighted by Gasteiger charge is -2.19. The van der Waals surface area contributed by atoms with Crippen LogP contribution in [0.2, 0.25) is 0 Å². The fourth-order valence-electron chi connectivity index (χ4n) is 2.22. The number of nitrogens with two attached hydrogens (primary N) is 1. The first kappa shape index (κ1) is 11.4. The van der Waals surface area contributed by atoms with E-state index >= 15 is 0 Å². The van der Waals surface area contributed by atoms with Crippen molar-refractivity contribution < 1.29 is 14.4 Å². The fourth-order valence-corrected chi connectivity index (χ4v) is 3.66. The molecule has 2 aliphatic rings. The van der Waals surface area contributed by atoms with Gasteiger partial charge in [0.1, 0.15) is 0 Å². The number of hydrogen-bond acceptors (Lipinski definition) is 4. The Morgan fingerprint density at radius 1 is 1.50 bits per heavy atom. The summed E-state index contributed by atoms with van der Waals surface area (Å²) in [5, 5.41) is 0. The molecule has 2 fully saturated rings. The van der Waals surface area contributed by atoms with Crippen LogP contribution in [0, 0.1) is 5.41 Å². The zero-order chi connectivity index (χ0) is 11.8. The van der Waals surface area contributed by atoms with Crippen molar-refractivity contribution in [1.29, 1.82) is 0 Å². The zero-order valence-electron chi connectivity index (χ0n) is 8.90. The number of likely N-dealkylation sites (tertiary alicyclic amines) is 1. The van der Waals surface area contributed by atoms with Gasteiger partial charge >= 0.3 is 0 Å². The Kier molecular flexibility index (Phi) is 2.92. The third kappa shape index (κ3) is 1.81. The number of imide groups is 1. The number of carbonyl (C=O) groups is 3. The molecule has 2 aliphatic heterocycles. The molecule has 3 amide bonds. The Morgan fingerprint density at radius 2 is 2.25 bits per heavy atom. The topological polar surface area (TPSA) is 80.5 Å². The van der Waals surface area contributed by atoms with Gasteiger partial charge in [-0.3, -0.25) is 19.3 Å². The van der Waals surface area contributed by atoms with Gasteiger partial charge in [0.2, 0.25) is 17.7 Å². The van der Waals surface area contributed by atoms with Gasteiger partial charge < -0.3 is 5.73 Å². The monoisotopic (exact) mass is 242 g/mol. The van der Waals surface area contributed by atoms with Gasteiger partial charge in [0.05, 0.1) is 5.41 Å². The predicted octanol–water partition coefficient (Wildman–Crippen LogP) is -0.256. The first-order valence-corrected chi connectivity index (χ1v) is 6.41. The van der Waals surface area contributed by atoms with E-state index in [2.05, 4.69) is 0 Å². The molecule has 1 atom stereocenters. The van der Waals surface area contributed by atoms with Crippen LogP contribution in [0.15, 0.2) is 0 Å². The molecule has 5 nitrogen and oxygen atoms in total. The molecule has 0 bridgehead atoms. The first-order valence-electron chi connectivity index (χ1n) is 5.26. The molecule has 0 aromatic rings. The van der Waals surface area contributed by atoms with E-state index in [9.17, 15) is 14.4 Å². The quantitative estimate of drug-likeness (QED) is 0.692. The maximum Gasteiger partial charge on any atom is 0.236 e. The van der Waals surface area contributed by atoms with Gasteiger partial charge in [-0.05, 0) is 12.2 Å². The molecular weight excluding hydrogens is 228 g/mol. The molecular formula is C10H14N2O3S. The van der Waals surface area contributed by atoms with E-state index in [1.807, 2.05) is 0 Å². The van der Waals surface area contributed by atoms with Gasteiger partial charge in [0.15, 0.2) is 0 Å². The van der Waals surface area contributed by atoms with Gasteiger partial charge in [-0.25, -0.2) is 0 Å². The lowest BCUT2D eigenvalue weighted by atomic mass is 9.86. The number of primary amides is 1. The molecule has 2 saturated heterocycles. The van der Waals surface area contributed by atoms with E-state index in [0.29, 0.717) is 6.42 Å². The third-order valence-corrected chi connectivity index (χ3v) is 4.42. The Bertz CT molecular complexity index is 350. The van der Waals surface area contributed by atoms with E-state index in [4.69, 9.17) is 5.73 Å². The van der Waals surface area contributed by atoms with Crippen molar-refractivity contribution >= 4 is 29.5 Å². The summed E-state index contributed by atoms with van der Waals surface area (Å²) < 4.78 is 0. The fraction of sp³-hybridized carbons (Fsp3) is 0.700. The van der Waals surface area contributed by atoms with E-state index < -0.39 is 11.3 Å². The summed E-state index contributed by atoms with van der Waals surface area (Å²) in [4.78, 5) is 35.7. The maximum absolute atomic E-state index is 12.1. The minimum atomic E-state index is -0.484. The van der Waals surface area contributed by atoms with Gasteiger partial charge in [-0.2, -0.15) is 11.8 Å². The number of nitrogens with zero attached hydrogens (tertiary/aromatic N) is 1. The van der Waals surface area contributed by atoms with Crippen LogP contribution in [0.25, 0.3) is 0 Å². The van der Waals surface area contributed by atoms with Gasteiger partial charge in [0, 0.05) is 25.1 Å². The molecule has 1 spiro atoms. The van der Waals surface area contributed by atoms with Crippen molar-refractivity contribution in [3.8, 4) is 0 Å². The molecule has 2 rings (SSSR count). The average molecular weight is 242 g/mol. The van der Waals surface area contributed by atoms with Crippen molar-refractivity contribution in [3.05, 3.63) is 0 Å². The molecule has 2 N–H and O–H groups in total. The van der Waals surface area contributed by atoms with Crippen LogP contribution in [-0.2, 0) is 14.4 Å². The summed E-state index contributed by atoms with van der Waals surface area (Å²) >= 11 is 1.71. The molecule has 2 heterocycles. The van der Waals surface area contributed by atoms with Crippen molar-refractivity contribution in [2.45, 2.75) is 19.3 Å². The van der Waals surface area contributed by atoms with Crippen molar-refractivity contribution in [2.75, 3.05) is 18.1 Å². The smallest absolute Gasteiger partial charge is 0.236 e. The Labute approximate surface area is 97.7 Å². The molecule has 0 aliphatic carbocycles. The lowest BCUT2D eigenvalue weighted by Crippen LogP contribution is -2.37. The van der Waals surface area contributed by atoms with E-state index in [0.717, 1.165) is 17.9 Å². The van der Waals surface area contributed by atoms with Crippen molar-refractivity contribution in [3.63, 3.8) is 0 Å². The Morgan fingerprint density at radius 3 is 2.81 bits per heavy atom. The minimum absolute atomic E-state index is 0.0563. The third-order valence-electron chi connectivity index (χ3n) is 3.17. The highest BCUT2D eigenvalue weighted by Crippen LogP contribution is 2.44. The molecule has 0 aromatic heterocycles. The summed E-state index contributed by atoms with van der Waals surface area (Å²) in [6.07, 6.45) is 1.13. The number of hydrogen-bond donors (Lipinski definition) is 1. The average Bonchev–Trinajstić information content (AvgIpc) is 2.74. The van der Waals surface area contributed by atoms with Crippen LogP contribution in [0.4, 0.5) is 0 Å². The zero-order valence-corrected chi connectivity index (χ0v) is 9.72. The molecule has 1 unspecified atom stereocenters. The normalized spacial score (nSPS) is 29.4. The lowest BCUT2D eigenvalue weighted by molar-refractivity contribution is -0.141. The summed E-state index contributed by atoms with van der Waals surface area (Å²) in [6, 6.07) is 0. The van der Waals surface area contributed by atoms with Crippen LogP contribution < -0.4 is 5.73 Å². The number of thioether (sulfide) groups is 1. The minimum Gasteiger partial charge on any atom is -0.370 e. The summed E-state index contributed by atoms with van der Waals surface area (Å²) in [5.41, 5.74) is 4.54. The molecule has 0 radical (unpaired) electrons. The molecule has 0 aromatic carbocycles. The molecule has 6 heteroatoms. The van der Waals surface area contributed by atoms with Crippen molar-refractivity contribution in [2.24, 2.45) is 11.1 Å². The Hall–Kier alpha value is -1.04. The van der Waals surface area contributed by atoms with E-state index in [1.165, 1.54) is 4.90 Å². The highest BCUT2D eigenvalue weighted by Gasteiger charge is 2.52. The first-order chi connectivity index (χ1) is 7.55. The molecule has 88 valence electrons. The Balaban J connectivity index is 2.07. The number of amides is 3. The molecule has 16 heavy (non-hydrogen) atoms. The van der Waals surface area contributed by atoms with Crippen LogP contribution in [0.5, 0.6) is 0 Å². The van der Waals surface area contributed by atoms with Crippen LogP contribution in [0.1, 0.15) is 19.3 Å². The van der Waals surface area contributed by atoms with Crippen LogP contribution >= 0.6 is 11.8 Å². The molecule has 0 saturated carbocycles. The maximum atomic E-state index is 12.1. The highest BCUT2D eigenvalue weighted by atomic mass is 32.2. The predicted molar refractivity (Wildman–Crippen MR) is 59.5 cm³/mol. The summed E-state index contributed by atoms with van der Waals surface area (Å²) in [5.74, 6) is 0.910. The second-order valence-electron chi connectivity index (χ2n) is 4.33. The van der Waals surface area contributed by atoms with Gasteiger partial charge in [-0.1, -0.05) is 0 Å². The second-order valence-corrected chi connectivity index (χ2v) is 5.43. The van der Waals surface area contributed by atoms with Crippen molar-refractivity contribution in [1.82, 2.24) is 4.90 Å². The van der Waals surface area contributed by atoms with E-state index in [-0.39, 0.29) is 24.8 Å². The van der Waals surface area contributed by atoms with E-state index in [1.54, 1.807) is 11.8 Å². The second kappa shape index (κ2) is 4.08. The summed E-state index contributed by atoms with van der Waals surface area (Å²) in [6.45, 7) is 0.138. The highest BCUT2D eigenvalue weighted by molar-refractivity contribution is 7.99. The standard InChI is InChI=1S/C10H14N2O3S/c11-7(13)1-3-12-8(14)5-10(9(12)15)2-4-16-6-10/h1-6H2,(H2,11,13). The number of carbonyl (C=O) groups excluding carboxylic acids is 3.